The van der Waals surface area contributed by atoms with E-state index in [1.807, 2.05) is 6.20 Å². The molecule has 0 amide bonds. The Kier molecular flexibility index (Phi) is 3.89. The Balaban J connectivity index is 3.03. The fourth-order valence-electron chi connectivity index (χ4n) is 1.37. The molecule has 1 rings (SSSR count). The maximum absolute atomic E-state index is 4.49. The van der Waals surface area contributed by atoms with Gasteiger partial charge in [-0.1, -0.05) is 11.6 Å². The molecule has 1 aliphatic heterocycles. The molecule has 1 heterocycles. The standard InChI is InChI=1S/C13H20N2/c1-10-7-6-8-13(14-9-10)11(2)12(3)15(4)5/h6,8-9H,7H2,1-5H3/b12-11+. The van der Waals surface area contributed by atoms with Gasteiger partial charge in [0.2, 0.25) is 0 Å². The molecular weight excluding hydrogens is 184 g/mol. The van der Waals surface area contributed by atoms with Crippen LogP contribution in [-0.4, -0.2) is 24.7 Å². The van der Waals surface area contributed by atoms with E-state index in [4.69, 9.17) is 0 Å². The molecule has 15 heavy (non-hydrogen) atoms. The van der Waals surface area contributed by atoms with E-state index in [-0.39, 0.29) is 0 Å². The lowest BCUT2D eigenvalue weighted by Gasteiger charge is -2.16. The first-order valence-corrected chi connectivity index (χ1v) is 5.27. The Morgan fingerprint density at radius 3 is 2.60 bits per heavy atom. The van der Waals surface area contributed by atoms with Crippen LogP contribution < -0.4 is 0 Å². The Bertz CT molecular complexity index is 355. The summed E-state index contributed by atoms with van der Waals surface area (Å²) in [5.74, 6) is 0. The van der Waals surface area contributed by atoms with Crippen molar-refractivity contribution < 1.29 is 0 Å². The van der Waals surface area contributed by atoms with Crippen molar-refractivity contribution in [3.63, 3.8) is 0 Å². The Morgan fingerprint density at radius 1 is 1.33 bits per heavy atom. The molecule has 0 bridgehead atoms. The highest BCUT2D eigenvalue weighted by Crippen LogP contribution is 2.13. The number of allylic oxidation sites excluding steroid dienone is 5. The lowest BCUT2D eigenvalue weighted by atomic mass is 10.1. The lowest BCUT2D eigenvalue weighted by Crippen LogP contribution is -2.13. The quantitative estimate of drug-likeness (QED) is 0.674. The summed E-state index contributed by atoms with van der Waals surface area (Å²) in [6.07, 6.45) is 7.24. The lowest BCUT2D eigenvalue weighted by molar-refractivity contribution is 0.510. The third-order valence-electron chi connectivity index (χ3n) is 2.74. The van der Waals surface area contributed by atoms with E-state index in [0.29, 0.717) is 0 Å². The molecular formula is C13H20N2. The molecule has 0 fully saturated rings. The number of rotatable bonds is 2. The Morgan fingerprint density at radius 2 is 2.00 bits per heavy atom. The van der Waals surface area contributed by atoms with Crippen LogP contribution in [0.1, 0.15) is 27.2 Å². The minimum atomic E-state index is 1.00. The van der Waals surface area contributed by atoms with Gasteiger partial charge in [0.05, 0.1) is 5.71 Å². The first-order valence-electron chi connectivity index (χ1n) is 5.27. The zero-order chi connectivity index (χ0) is 11.4. The summed E-state index contributed by atoms with van der Waals surface area (Å²) in [7, 11) is 4.11. The second kappa shape index (κ2) is 4.96. The molecule has 0 aromatic rings. The zero-order valence-electron chi connectivity index (χ0n) is 10.3. The second-order valence-electron chi connectivity index (χ2n) is 4.20. The second-order valence-corrected chi connectivity index (χ2v) is 4.20. The summed E-state index contributed by atoms with van der Waals surface area (Å²) in [5, 5.41) is 0. The number of aliphatic imine (C=N–C) groups is 1. The van der Waals surface area contributed by atoms with Crippen LogP contribution in [0.2, 0.25) is 0 Å². The van der Waals surface area contributed by atoms with E-state index in [1.54, 1.807) is 0 Å². The average Bonchev–Trinajstić information content (AvgIpc) is 2.40. The van der Waals surface area contributed by atoms with Gasteiger partial charge in [-0.05, 0) is 38.8 Å². The highest BCUT2D eigenvalue weighted by molar-refractivity contribution is 6.08. The van der Waals surface area contributed by atoms with Crippen LogP contribution in [0.25, 0.3) is 0 Å². The summed E-state index contributed by atoms with van der Waals surface area (Å²) < 4.78 is 0. The van der Waals surface area contributed by atoms with Gasteiger partial charge in [0.25, 0.3) is 0 Å². The van der Waals surface area contributed by atoms with Crippen molar-refractivity contribution in [1.29, 1.82) is 0 Å². The molecule has 1 aliphatic rings. The first kappa shape index (κ1) is 11.8. The van der Waals surface area contributed by atoms with Gasteiger partial charge in [0.1, 0.15) is 0 Å². The normalized spacial score (nSPS) is 17.7. The van der Waals surface area contributed by atoms with Crippen molar-refractivity contribution in [3.8, 4) is 0 Å². The van der Waals surface area contributed by atoms with Gasteiger partial charge < -0.3 is 4.90 Å². The van der Waals surface area contributed by atoms with Gasteiger partial charge in [-0.3, -0.25) is 4.99 Å². The summed E-state index contributed by atoms with van der Waals surface area (Å²) in [6, 6.07) is 0. The summed E-state index contributed by atoms with van der Waals surface area (Å²) >= 11 is 0. The third kappa shape index (κ3) is 3.08. The molecule has 0 aromatic carbocycles. The first-order chi connectivity index (χ1) is 7.02. The minimum absolute atomic E-state index is 1.00. The fraction of sp³-hybridized carbons (Fsp3) is 0.462. The van der Waals surface area contributed by atoms with Crippen molar-refractivity contribution >= 4 is 5.71 Å². The zero-order valence-corrected chi connectivity index (χ0v) is 10.3. The van der Waals surface area contributed by atoms with Gasteiger partial charge in [-0.25, -0.2) is 0 Å². The van der Waals surface area contributed by atoms with Crippen LogP contribution in [0.15, 0.2) is 40.2 Å². The molecule has 82 valence electrons. The minimum Gasteiger partial charge on any atom is -0.381 e. The maximum atomic E-state index is 4.49. The van der Waals surface area contributed by atoms with E-state index < -0.39 is 0 Å². The molecule has 0 aliphatic carbocycles. The maximum Gasteiger partial charge on any atom is 0.0672 e. The van der Waals surface area contributed by atoms with Gasteiger partial charge in [-0.15, -0.1) is 0 Å². The van der Waals surface area contributed by atoms with Crippen molar-refractivity contribution in [2.45, 2.75) is 27.2 Å². The summed E-state index contributed by atoms with van der Waals surface area (Å²) in [4.78, 5) is 6.61. The SMILES string of the molecule is CC1=CN=C(/C(C)=C(\C)N(C)C)C=CC1. The monoisotopic (exact) mass is 204 g/mol. The predicted octanol–water partition coefficient (Wildman–Crippen LogP) is 3.15. The molecule has 0 saturated carbocycles. The topological polar surface area (TPSA) is 15.6 Å². The largest absolute Gasteiger partial charge is 0.381 e. The van der Waals surface area contributed by atoms with Crippen LogP contribution in [0.4, 0.5) is 0 Å². The van der Waals surface area contributed by atoms with Crippen molar-refractivity contribution in [2.24, 2.45) is 4.99 Å². The van der Waals surface area contributed by atoms with Crippen LogP contribution in [0, 0.1) is 0 Å². The number of nitrogens with zero attached hydrogens (tertiary/aromatic N) is 2. The highest BCUT2D eigenvalue weighted by Gasteiger charge is 2.05. The van der Waals surface area contributed by atoms with Gasteiger partial charge in [-0.2, -0.15) is 0 Å². The highest BCUT2D eigenvalue weighted by atomic mass is 15.1. The average molecular weight is 204 g/mol. The Labute approximate surface area is 92.7 Å². The molecule has 0 spiro atoms. The van der Waals surface area contributed by atoms with Crippen molar-refractivity contribution in [2.75, 3.05) is 14.1 Å². The van der Waals surface area contributed by atoms with Crippen molar-refractivity contribution in [1.82, 2.24) is 4.90 Å². The van der Waals surface area contributed by atoms with Gasteiger partial charge in [0.15, 0.2) is 0 Å². The molecule has 0 unspecified atom stereocenters. The molecule has 2 heteroatoms. The molecule has 0 N–H and O–H groups in total. The third-order valence-corrected chi connectivity index (χ3v) is 2.74. The predicted molar refractivity (Wildman–Crippen MR) is 67.0 cm³/mol. The fourth-order valence-corrected chi connectivity index (χ4v) is 1.37. The molecule has 0 aromatic heterocycles. The summed E-state index contributed by atoms with van der Waals surface area (Å²) in [5.41, 5.74) is 4.86. The van der Waals surface area contributed by atoms with E-state index >= 15 is 0 Å². The van der Waals surface area contributed by atoms with Gasteiger partial charge in [0, 0.05) is 26.0 Å². The van der Waals surface area contributed by atoms with E-state index in [9.17, 15) is 0 Å². The van der Waals surface area contributed by atoms with Crippen LogP contribution in [-0.2, 0) is 0 Å². The molecule has 0 radical (unpaired) electrons. The Hall–Kier alpha value is -1.31. The molecule has 0 atom stereocenters. The molecule has 0 saturated heterocycles. The van der Waals surface area contributed by atoms with E-state index in [0.717, 1.165) is 12.1 Å². The smallest absolute Gasteiger partial charge is 0.0672 e. The summed E-state index contributed by atoms with van der Waals surface area (Å²) in [6.45, 7) is 6.34. The van der Waals surface area contributed by atoms with E-state index in [1.165, 1.54) is 16.8 Å². The van der Waals surface area contributed by atoms with Crippen molar-refractivity contribution in [3.05, 3.63) is 35.2 Å². The van der Waals surface area contributed by atoms with Gasteiger partial charge >= 0.3 is 0 Å². The van der Waals surface area contributed by atoms with Crippen LogP contribution in [0.5, 0.6) is 0 Å². The van der Waals surface area contributed by atoms with Crippen LogP contribution >= 0.6 is 0 Å². The number of hydrogen-bond acceptors (Lipinski definition) is 2. The van der Waals surface area contributed by atoms with Crippen LogP contribution in [0.3, 0.4) is 0 Å². The number of hydrogen-bond donors (Lipinski definition) is 0. The van der Waals surface area contributed by atoms with E-state index in [2.05, 4.69) is 56.9 Å². The molecule has 2 nitrogen and oxygen atoms in total.